The third-order valence-corrected chi connectivity index (χ3v) is 7.40. The van der Waals surface area contributed by atoms with Gasteiger partial charge in [-0.2, -0.15) is 0 Å². The van der Waals surface area contributed by atoms with Crippen LogP contribution in [-0.4, -0.2) is 41.4 Å². The minimum absolute atomic E-state index is 0.129. The zero-order valence-corrected chi connectivity index (χ0v) is 19.6. The molecule has 0 radical (unpaired) electrons. The van der Waals surface area contributed by atoms with Crippen molar-refractivity contribution in [2.75, 3.05) is 20.3 Å². The molecule has 1 aliphatic carbocycles. The highest BCUT2D eigenvalue weighted by Gasteiger charge is 2.49. The monoisotopic (exact) mass is 483 g/mol. The summed E-state index contributed by atoms with van der Waals surface area (Å²) in [6.07, 6.45) is 9.51. The van der Waals surface area contributed by atoms with Gasteiger partial charge in [0.25, 0.3) is 0 Å². The number of rotatable bonds is 8. The Labute approximate surface area is 202 Å². The summed E-state index contributed by atoms with van der Waals surface area (Å²) in [6, 6.07) is 6.93. The quantitative estimate of drug-likeness (QED) is 0.467. The van der Waals surface area contributed by atoms with E-state index >= 15 is 0 Å². The molecule has 2 bridgehead atoms. The maximum absolute atomic E-state index is 14.7. The molecule has 1 N–H and O–H groups in total. The predicted molar refractivity (Wildman–Crippen MR) is 128 cm³/mol. The zero-order chi connectivity index (χ0) is 24.5. The standard InChI is InChI=1S/C27H28F3N3O2/c1-34-24-7-6-23-25(33-24)20(22(30)16-31-23)8-9-27-12-10-26(11-13-27,17-35-27)32-14-2-3-18-15-19(28)4-5-21(18)29/h2-7,15-16,32H,8-14,17H2,1H3/b3-2+. The van der Waals surface area contributed by atoms with Crippen molar-refractivity contribution >= 4 is 17.1 Å². The Morgan fingerprint density at radius 1 is 1.09 bits per heavy atom. The molecule has 8 heteroatoms. The summed E-state index contributed by atoms with van der Waals surface area (Å²) >= 11 is 0. The Balaban J connectivity index is 1.20. The second-order valence-corrected chi connectivity index (χ2v) is 9.51. The van der Waals surface area contributed by atoms with Crippen molar-refractivity contribution < 1.29 is 22.6 Å². The molecule has 0 spiro atoms. The first-order valence-electron chi connectivity index (χ1n) is 11.9. The van der Waals surface area contributed by atoms with Crippen LogP contribution in [0.5, 0.6) is 5.88 Å². The number of methoxy groups -OCH3 is 1. The van der Waals surface area contributed by atoms with Crippen LogP contribution in [0.3, 0.4) is 0 Å². The van der Waals surface area contributed by atoms with Crippen molar-refractivity contribution in [3.05, 3.63) is 71.2 Å². The molecule has 1 aromatic carbocycles. The van der Waals surface area contributed by atoms with Crippen LogP contribution in [0.4, 0.5) is 13.2 Å². The average Bonchev–Trinajstić information content (AvgIpc) is 2.89. The van der Waals surface area contributed by atoms with Crippen LogP contribution in [0.1, 0.15) is 43.2 Å². The molecule has 6 rings (SSSR count). The lowest BCUT2D eigenvalue weighted by atomic mass is 9.69. The number of nitrogens with one attached hydrogen (secondary N) is 1. The van der Waals surface area contributed by atoms with Crippen LogP contribution in [-0.2, 0) is 11.2 Å². The number of benzene rings is 1. The van der Waals surface area contributed by atoms with Gasteiger partial charge in [-0.05, 0) is 62.8 Å². The summed E-state index contributed by atoms with van der Waals surface area (Å²) in [7, 11) is 1.53. The number of aryl methyl sites for hydroxylation is 1. The van der Waals surface area contributed by atoms with Gasteiger partial charge in [-0.1, -0.05) is 12.2 Å². The van der Waals surface area contributed by atoms with Crippen LogP contribution >= 0.6 is 0 Å². The van der Waals surface area contributed by atoms with Gasteiger partial charge in [-0.3, -0.25) is 4.98 Å². The molecule has 0 unspecified atom stereocenters. The molecule has 3 fully saturated rings. The van der Waals surface area contributed by atoms with Gasteiger partial charge < -0.3 is 14.8 Å². The average molecular weight is 484 g/mol. The zero-order valence-electron chi connectivity index (χ0n) is 19.6. The fraction of sp³-hybridized carbons (Fsp3) is 0.407. The normalized spacial score (nSPS) is 23.9. The molecule has 3 aromatic rings. The lowest BCUT2D eigenvalue weighted by Gasteiger charge is -2.53. The molecular weight excluding hydrogens is 455 g/mol. The van der Waals surface area contributed by atoms with Crippen molar-refractivity contribution in [3.63, 3.8) is 0 Å². The Morgan fingerprint density at radius 3 is 2.66 bits per heavy atom. The number of aromatic nitrogens is 2. The van der Waals surface area contributed by atoms with Crippen LogP contribution in [0.2, 0.25) is 0 Å². The summed E-state index contributed by atoms with van der Waals surface area (Å²) in [5, 5.41) is 3.54. The smallest absolute Gasteiger partial charge is 0.213 e. The molecule has 2 aliphatic heterocycles. The summed E-state index contributed by atoms with van der Waals surface area (Å²) in [5.41, 5.74) is 1.55. The van der Waals surface area contributed by atoms with Crippen LogP contribution < -0.4 is 10.1 Å². The number of pyridine rings is 2. The Kier molecular flexibility index (Phi) is 6.51. The van der Waals surface area contributed by atoms with E-state index in [0.29, 0.717) is 48.5 Å². The second-order valence-electron chi connectivity index (χ2n) is 9.51. The highest BCUT2D eigenvalue weighted by Crippen LogP contribution is 2.46. The largest absolute Gasteiger partial charge is 0.481 e. The van der Waals surface area contributed by atoms with Gasteiger partial charge in [0.1, 0.15) is 17.5 Å². The molecule has 3 aliphatic rings. The van der Waals surface area contributed by atoms with E-state index in [4.69, 9.17) is 9.47 Å². The Morgan fingerprint density at radius 2 is 1.91 bits per heavy atom. The lowest BCUT2D eigenvalue weighted by Crippen LogP contribution is -2.61. The molecule has 2 aromatic heterocycles. The molecule has 5 nitrogen and oxygen atoms in total. The highest BCUT2D eigenvalue weighted by molar-refractivity contribution is 5.78. The number of fused-ring (bicyclic) bond motifs is 4. The van der Waals surface area contributed by atoms with E-state index in [1.165, 1.54) is 19.4 Å². The molecule has 35 heavy (non-hydrogen) atoms. The minimum atomic E-state index is -0.462. The minimum Gasteiger partial charge on any atom is -0.481 e. The molecule has 0 amide bonds. The third-order valence-electron chi connectivity index (χ3n) is 7.40. The van der Waals surface area contributed by atoms with Crippen molar-refractivity contribution in [2.45, 2.75) is 49.7 Å². The van der Waals surface area contributed by atoms with Crippen LogP contribution in [0.25, 0.3) is 17.1 Å². The summed E-state index contributed by atoms with van der Waals surface area (Å²) in [6.45, 7) is 1.11. The molecule has 2 saturated heterocycles. The maximum atomic E-state index is 14.7. The van der Waals surface area contributed by atoms with E-state index in [1.54, 1.807) is 18.2 Å². The first-order chi connectivity index (χ1) is 16.9. The molecule has 184 valence electrons. The lowest BCUT2D eigenvalue weighted by molar-refractivity contribution is -0.164. The summed E-state index contributed by atoms with van der Waals surface area (Å²) < 4.78 is 53.4. The second kappa shape index (κ2) is 9.59. The van der Waals surface area contributed by atoms with Gasteiger partial charge in [0.05, 0.1) is 36.5 Å². The van der Waals surface area contributed by atoms with Crippen molar-refractivity contribution in [1.82, 2.24) is 15.3 Å². The molecule has 0 atom stereocenters. The van der Waals surface area contributed by atoms with E-state index < -0.39 is 11.6 Å². The number of hydrogen-bond acceptors (Lipinski definition) is 5. The number of ether oxygens (including phenoxy) is 2. The first kappa shape index (κ1) is 23.8. The van der Waals surface area contributed by atoms with E-state index in [0.717, 1.165) is 37.8 Å². The van der Waals surface area contributed by atoms with Crippen LogP contribution in [0, 0.1) is 17.5 Å². The molecule has 1 saturated carbocycles. The van der Waals surface area contributed by atoms with Gasteiger partial charge in [0.15, 0.2) is 0 Å². The fourth-order valence-electron chi connectivity index (χ4n) is 5.20. The molecule has 4 heterocycles. The van der Waals surface area contributed by atoms with E-state index in [2.05, 4.69) is 15.3 Å². The summed E-state index contributed by atoms with van der Waals surface area (Å²) in [4.78, 5) is 8.59. The fourth-order valence-corrected chi connectivity index (χ4v) is 5.20. The van der Waals surface area contributed by atoms with E-state index in [-0.39, 0.29) is 22.5 Å². The molecular formula is C27H28F3N3O2. The maximum Gasteiger partial charge on any atom is 0.213 e. The summed E-state index contributed by atoms with van der Waals surface area (Å²) in [5.74, 6) is -0.840. The van der Waals surface area contributed by atoms with Crippen molar-refractivity contribution in [3.8, 4) is 5.88 Å². The van der Waals surface area contributed by atoms with Gasteiger partial charge in [0.2, 0.25) is 5.88 Å². The van der Waals surface area contributed by atoms with E-state index in [1.807, 2.05) is 6.08 Å². The van der Waals surface area contributed by atoms with Gasteiger partial charge in [0, 0.05) is 29.3 Å². The number of hydrogen-bond donors (Lipinski definition) is 1. The Bertz CT molecular complexity index is 1240. The van der Waals surface area contributed by atoms with Crippen molar-refractivity contribution in [1.29, 1.82) is 0 Å². The number of halogens is 3. The number of nitrogens with zero attached hydrogens (tertiary/aromatic N) is 2. The van der Waals surface area contributed by atoms with Gasteiger partial charge >= 0.3 is 0 Å². The van der Waals surface area contributed by atoms with Crippen LogP contribution in [0.15, 0.2) is 42.6 Å². The Hall–Kier alpha value is -2.97. The van der Waals surface area contributed by atoms with Gasteiger partial charge in [-0.15, -0.1) is 0 Å². The third kappa shape index (κ3) is 4.90. The topological polar surface area (TPSA) is 56.3 Å². The van der Waals surface area contributed by atoms with Crippen molar-refractivity contribution in [2.24, 2.45) is 0 Å². The highest BCUT2D eigenvalue weighted by atomic mass is 19.1. The van der Waals surface area contributed by atoms with E-state index in [9.17, 15) is 13.2 Å². The first-order valence-corrected chi connectivity index (χ1v) is 11.9. The predicted octanol–water partition coefficient (Wildman–Crippen LogP) is 5.37. The van der Waals surface area contributed by atoms with Gasteiger partial charge in [-0.25, -0.2) is 18.2 Å². The SMILES string of the molecule is COc1ccc2ncc(F)c(CCC34CCC(NC/C=C/c5cc(F)ccc5F)(CC3)CO4)c2n1.